The highest BCUT2D eigenvalue weighted by Gasteiger charge is 2.14. The van der Waals surface area contributed by atoms with E-state index in [9.17, 15) is 9.59 Å². The maximum Gasteiger partial charge on any atom is 0.243 e. The summed E-state index contributed by atoms with van der Waals surface area (Å²) in [5.74, 6) is 1.86. The van der Waals surface area contributed by atoms with E-state index in [2.05, 4.69) is 5.32 Å². The van der Waals surface area contributed by atoms with Crippen molar-refractivity contribution in [2.75, 3.05) is 26.0 Å². The molecule has 6 nitrogen and oxygen atoms in total. The van der Waals surface area contributed by atoms with Crippen molar-refractivity contribution in [3.63, 3.8) is 0 Å². The number of carbonyl (C=O) groups is 2. The average Bonchev–Trinajstić information content (AvgIpc) is 3.22. The maximum absolute atomic E-state index is 12.4. The molecule has 6 heteroatoms. The van der Waals surface area contributed by atoms with Crippen LogP contribution in [0.5, 0.6) is 5.75 Å². The van der Waals surface area contributed by atoms with E-state index in [1.807, 2.05) is 42.5 Å². The third kappa shape index (κ3) is 5.72. The van der Waals surface area contributed by atoms with Crippen molar-refractivity contribution < 1.29 is 18.7 Å². The van der Waals surface area contributed by atoms with Gasteiger partial charge in [-0.25, -0.2) is 0 Å². The van der Waals surface area contributed by atoms with Crippen LogP contribution in [-0.4, -0.2) is 37.4 Å². The highest BCUT2D eigenvalue weighted by atomic mass is 16.5. The van der Waals surface area contributed by atoms with E-state index in [0.717, 1.165) is 17.1 Å². The number of carbonyl (C=O) groups excluding carboxylic acids is 2. The number of hydrogen-bond acceptors (Lipinski definition) is 4. The smallest absolute Gasteiger partial charge is 0.243 e. The minimum atomic E-state index is -0.254. The van der Waals surface area contributed by atoms with Crippen LogP contribution in [0, 0.1) is 0 Å². The van der Waals surface area contributed by atoms with Crippen molar-refractivity contribution in [1.29, 1.82) is 0 Å². The van der Waals surface area contributed by atoms with Crippen LogP contribution in [-0.2, 0) is 16.0 Å². The van der Waals surface area contributed by atoms with Gasteiger partial charge >= 0.3 is 0 Å². The number of amides is 2. The molecule has 0 spiro atoms. The zero-order valence-electron chi connectivity index (χ0n) is 16.6. The van der Waals surface area contributed by atoms with Gasteiger partial charge < -0.3 is 19.4 Å². The van der Waals surface area contributed by atoms with Gasteiger partial charge in [0.25, 0.3) is 0 Å². The van der Waals surface area contributed by atoms with Crippen molar-refractivity contribution in [3.05, 3.63) is 72.5 Å². The summed E-state index contributed by atoms with van der Waals surface area (Å²) in [6.45, 7) is -0.0156. The molecule has 3 rings (SSSR count). The van der Waals surface area contributed by atoms with Crippen molar-refractivity contribution in [3.8, 4) is 17.1 Å². The van der Waals surface area contributed by atoms with Crippen LogP contribution in [0.15, 0.2) is 71.1 Å². The summed E-state index contributed by atoms with van der Waals surface area (Å²) in [6, 6.07) is 20.6. The van der Waals surface area contributed by atoms with Crippen molar-refractivity contribution >= 4 is 17.5 Å². The number of benzene rings is 2. The van der Waals surface area contributed by atoms with Crippen LogP contribution in [0.25, 0.3) is 11.3 Å². The highest BCUT2D eigenvalue weighted by molar-refractivity contribution is 5.94. The molecule has 2 amide bonds. The average molecular weight is 392 g/mol. The first kappa shape index (κ1) is 20.2. The summed E-state index contributed by atoms with van der Waals surface area (Å²) in [4.78, 5) is 25.9. The second-order valence-corrected chi connectivity index (χ2v) is 6.66. The van der Waals surface area contributed by atoms with E-state index in [-0.39, 0.29) is 24.8 Å². The Labute approximate surface area is 170 Å². The number of hydrogen-bond donors (Lipinski definition) is 1. The first-order chi connectivity index (χ1) is 14.0. The predicted octanol–water partition coefficient (Wildman–Crippen LogP) is 3.98. The minimum absolute atomic E-state index is 0.0156. The number of nitrogens with one attached hydrogen (secondary N) is 1. The normalized spacial score (nSPS) is 10.4. The molecule has 150 valence electrons. The summed E-state index contributed by atoms with van der Waals surface area (Å²) in [5.41, 5.74) is 1.65. The summed E-state index contributed by atoms with van der Waals surface area (Å²) in [5, 5.41) is 2.77. The molecule has 0 fully saturated rings. The van der Waals surface area contributed by atoms with Gasteiger partial charge in [0.15, 0.2) is 0 Å². The van der Waals surface area contributed by atoms with E-state index >= 15 is 0 Å². The number of nitrogens with zero attached hydrogens (tertiary/aromatic N) is 1. The van der Waals surface area contributed by atoms with Gasteiger partial charge in [-0.3, -0.25) is 9.59 Å². The Hall–Kier alpha value is -3.54. The topological polar surface area (TPSA) is 71.8 Å². The number of rotatable bonds is 8. The zero-order chi connectivity index (χ0) is 20.6. The first-order valence-corrected chi connectivity index (χ1v) is 9.37. The molecule has 0 atom stereocenters. The Morgan fingerprint density at radius 1 is 1.00 bits per heavy atom. The molecule has 0 unspecified atom stereocenters. The summed E-state index contributed by atoms with van der Waals surface area (Å²) in [7, 11) is 3.20. The fraction of sp³-hybridized carbons (Fsp3) is 0.217. The first-order valence-electron chi connectivity index (χ1n) is 9.37. The number of ether oxygens (including phenoxy) is 1. The molecule has 2 aromatic carbocycles. The summed E-state index contributed by atoms with van der Waals surface area (Å²) in [6.07, 6.45) is 0.754. The largest absolute Gasteiger partial charge is 0.497 e. The van der Waals surface area contributed by atoms with E-state index in [4.69, 9.17) is 9.15 Å². The van der Waals surface area contributed by atoms with Gasteiger partial charge in [-0.1, -0.05) is 30.3 Å². The van der Waals surface area contributed by atoms with Gasteiger partial charge in [0.05, 0.1) is 13.7 Å². The molecule has 1 heterocycles. The van der Waals surface area contributed by atoms with E-state index in [0.29, 0.717) is 17.9 Å². The SMILES string of the molecule is COc1ccc(NC(=O)CN(C)C(=O)CCc2ccc(-c3ccccc3)o2)cc1. The van der Waals surface area contributed by atoms with Gasteiger partial charge in [0, 0.05) is 31.1 Å². The van der Waals surface area contributed by atoms with Gasteiger partial charge in [0.1, 0.15) is 17.3 Å². The Kier molecular flexibility index (Phi) is 6.68. The molecule has 0 aliphatic carbocycles. The molecule has 0 aliphatic rings. The molecule has 1 aromatic heterocycles. The molecule has 0 saturated carbocycles. The van der Waals surface area contributed by atoms with Crippen LogP contribution in [0.1, 0.15) is 12.2 Å². The van der Waals surface area contributed by atoms with Crippen LogP contribution in [0.2, 0.25) is 0 Å². The third-order valence-electron chi connectivity index (χ3n) is 4.49. The number of methoxy groups -OCH3 is 1. The second kappa shape index (κ2) is 9.59. The molecule has 0 bridgehead atoms. The molecule has 0 radical (unpaired) electrons. The fourth-order valence-electron chi connectivity index (χ4n) is 2.87. The Morgan fingerprint density at radius 3 is 2.41 bits per heavy atom. The monoisotopic (exact) mass is 392 g/mol. The minimum Gasteiger partial charge on any atom is -0.497 e. The maximum atomic E-state index is 12.4. The molecular weight excluding hydrogens is 368 g/mol. The molecule has 3 aromatic rings. The lowest BCUT2D eigenvalue weighted by atomic mass is 10.2. The number of aryl methyl sites for hydroxylation is 1. The van der Waals surface area contributed by atoms with Crippen LogP contribution in [0.4, 0.5) is 5.69 Å². The molecular formula is C23H24N2O4. The third-order valence-corrected chi connectivity index (χ3v) is 4.49. The van der Waals surface area contributed by atoms with Gasteiger partial charge in [0.2, 0.25) is 11.8 Å². The van der Waals surface area contributed by atoms with Crippen molar-refractivity contribution in [2.24, 2.45) is 0 Å². The predicted molar refractivity (Wildman–Crippen MR) is 112 cm³/mol. The van der Waals surface area contributed by atoms with Crippen molar-refractivity contribution in [2.45, 2.75) is 12.8 Å². The lowest BCUT2D eigenvalue weighted by Crippen LogP contribution is -2.35. The van der Waals surface area contributed by atoms with E-state index in [1.54, 1.807) is 38.4 Å². The quantitative estimate of drug-likeness (QED) is 0.629. The number of likely N-dealkylation sites (N-methyl/N-ethyl adjacent to an activating group) is 1. The van der Waals surface area contributed by atoms with Crippen LogP contribution in [0.3, 0.4) is 0 Å². The Morgan fingerprint density at radius 2 is 1.72 bits per heavy atom. The standard InChI is InChI=1S/C23H24N2O4/c1-25(16-22(26)24-18-8-10-19(28-2)11-9-18)23(27)15-13-20-12-14-21(29-20)17-6-4-3-5-7-17/h3-12,14H,13,15-16H2,1-2H3,(H,24,26). The number of anilines is 1. The fourth-order valence-corrected chi connectivity index (χ4v) is 2.87. The van der Waals surface area contributed by atoms with E-state index in [1.165, 1.54) is 4.90 Å². The van der Waals surface area contributed by atoms with Crippen LogP contribution >= 0.6 is 0 Å². The van der Waals surface area contributed by atoms with Gasteiger partial charge in [-0.15, -0.1) is 0 Å². The summed E-state index contributed by atoms with van der Waals surface area (Å²) < 4.78 is 10.9. The Bertz CT molecular complexity index is 949. The summed E-state index contributed by atoms with van der Waals surface area (Å²) >= 11 is 0. The molecule has 0 saturated heterocycles. The van der Waals surface area contributed by atoms with Crippen LogP contribution < -0.4 is 10.1 Å². The van der Waals surface area contributed by atoms with Gasteiger partial charge in [-0.2, -0.15) is 0 Å². The van der Waals surface area contributed by atoms with E-state index < -0.39 is 0 Å². The Balaban J connectivity index is 1.46. The number of furan rings is 1. The molecule has 0 aliphatic heterocycles. The lowest BCUT2D eigenvalue weighted by Gasteiger charge is -2.16. The highest BCUT2D eigenvalue weighted by Crippen LogP contribution is 2.22. The van der Waals surface area contributed by atoms with Crippen molar-refractivity contribution in [1.82, 2.24) is 4.90 Å². The molecule has 1 N–H and O–H groups in total. The van der Waals surface area contributed by atoms with Gasteiger partial charge in [-0.05, 0) is 36.4 Å². The molecule has 29 heavy (non-hydrogen) atoms. The zero-order valence-corrected chi connectivity index (χ0v) is 16.6. The lowest BCUT2D eigenvalue weighted by molar-refractivity contribution is -0.133. The second-order valence-electron chi connectivity index (χ2n) is 6.66.